The first-order valence-electron chi connectivity index (χ1n) is 12.5. The Morgan fingerprint density at radius 2 is 1.27 bits per heavy atom. The number of hydrogen-bond acceptors (Lipinski definition) is 8. The lowest BCUT2D eigenvalue weighted by atomic mass is 10.1. The summed E-state index contributed by atoms with van der Waals surface area (Å²) >= 11 is 0. The smallest absolute Gasteiger partial charge is 0.239 e. The molecule has 204 valence electrons. The van der Waals surface area contributed by atoms with Crippen molar-refractivity contribution in [2.75, 3.05) is 21.3 Å². The van der Waals surface area contributed by atoms with Crippen LogP contribution in [0.1, 0.15) is 11.1 Å². The predicted octanol–water partition coefficient (Wildman–Crippen LogP) is 6.35. The van der Waals surface area contributed by atoms with E-state index in [2.05, 4.69) is 0 Å². The highest BCUT2D eigenvalue weighted by atomic mass is 16.5. The van der Waals surface area contributed by atoms with Crippen LogP contribution in [0.15, 0.2) is 94.1 Å². The first kappa shape index (κ1) is 26.5. The van der Waals surface area contributed by atoms with Crippen LogP contribution in [-0.2, 0) is 13.2 Å². The average molecular weight is 541 g/mol. The van der Waals surface area contributed by atoms with Gasteiger partial charge < -0.3 is 33.2 Å². The second-order valence-electron chi connectivity index (χ2n) is 8.84. The van der Waals surface area contributed by atoms with Crippen molar-refractivity contribution in [3.8, 4) is 45.8 Å². The Labute approximate surface area is 230 Å². The van der Waals surface area contributed by atoms with E-state index in [4.69, 9.17) is 28.1 Å². The Bertz CT molecular complexity index is 1680. The van der Waals surface area contributed by atoms with Crippen LogP contribution in [0.5, 0.6) is 34.5 Å². The molecule has 0 saturated carbocycles. The Morgan fingerprint density at radius 3 is 1.85 bits per heavy atom. The van der Waals surface area contributed by atoms with Crippen molar-refractivity contribution in [1.29, 1.82) is 0 Å². The largest absolute Gasteiger partial charge is 0.504 e. The molecule has 0 aliphatic carbocycles. The molecule has 0 amide bonds. The van der Waals surface area contributed by atoms with E-state index < -0.39 is 11.2 Å². The van der Waals surface area contributed by atoms with Gasteiger partial charge in [-0.2, -0.15) is 0 Å². The number of phenolic OH excluding ortho intramolecular Hbond substituents is 1. The molecule has 1 N–H and O–H groups in total. The monoisotopic (exact) mass is 540 g/mol. The number of aromatic hydroxyl groups is 1. The van der Waals surface area contributed by atoms with Gasteiger partial charge in [0.25, 0.3) is 0 Å². The van der Waals surface area contributed by atoms with Gasteiger partial charge in [0, 0.05) is 11.6 Å². The number of methoxy groups -OCH3 is 3. The van der Waals surface area contributed by atoms with E-state index in [-0.39, 0.29) is 34.0 Å². The fraction of sp³-hybridized carbons (Fsp3) is 0.156. The SMILES string of the molecule is COc1cc2oc(-c3ccc(OCc4ccccc4)c(OCc4ccccc4)c3)c(OC)c(=O)c2c(O)c1OC. The van der Waals surface area contributed by atoms with Gasteiger partial charge >= 0.3 is 0 Å². The fourth-order valence-electron chi connectivity index (χ4n) is 4.35. The molecule has 1 heterocycles. The van der Waals surface area contributed by atoms with Crippen molar-refractivity contribution in [1.82, 2.24) is 0 Å². The molecular weight excluding hydrogens is 512 g/mol. The molecule has 0 unspecified atom stereocenters. The van der Waals surface area contributed by atoms with Crippen molar-refractivity contribution in [2.24, 2.45) is 0 Å². The maximum absolute atomic E-state index is 13.5. The molecule has 0 aliphatic heterocycles. The van der Waals surface area contributed by atoms with Gasteiger partial charge in [-0.05, 0) is 29.3 Å². The van der Waals surface area contributed by atoms with Gasteiger partial charge in [-0.15, -0.1) is 0 Å². The van der Waals surface area contributed by atoms with Crippen molar-refractivity contribution in [3.05, 3.63) is 106 Å². The van der Waals surface area contributed by atoms with Crippen LogP contribution in [-0.4, -0.2) is 26.4 Å². The minimum absolute atomic E-state index is 0.0219. The molecule has 0 aliphatic rings. The molecule has 8 heteroatoms. The lowest BCUT2D eigenvalue weighted by Gasteiger charge is -2.16. The molecule has 0 spiro atoms. The third-order valence-electron chi connectivity index (χ3n) is 6.34. The maximum atomic E-state index is 13.5. The molecule has 0 bridgehead atoms. The molecule has 0 radical (unpaired) electrons. The van der Waals surface area contributed by atoms with Gasteiger partial charge in [0.15, 0.2) is 28.8 Å². The van der Waals surface area contributed by atoms with Gasteiger partial charge in [0.1, 0.15) is 24.2 Å². The summed E-state index contributed by atoms with van der Waals surface area (Å²) in [5, 5.41) is 10.7. The first-order valence-corrected chi connectivity index (χ1v) is 12.5. The van der Waals surface area contributed by atoms with Gasteiger partial charge in [0.2, 0.25) is 16.9 Å². The summed E-state index contributed by atoms with van der Waals surface area (Å²) in [4.78, 5) is 13.5. The maximum Gasteiger partial charge on any atom is 0.239 e. The summed E-state index contributed by atoms with van der Waals surface area (Å²) in [5.41, 5.74) is 2.04. The molecule has 5 rings (SSSR count). The van der Waals surface area contributed by atoms with E-state index in [1.165, 1.54) is 27.4 Å². The van der Waals surface area contributed by atoms with Gasteiger partial charge in [-0.25, -0.2) is 0 Å². The van der Waals surface area contributed by atoms with Crippen LogP contribution >= 0.6 is 0 Å². The number of rotatable bonds is 10. The molecule has 5 aromatic rings. The lowest BCUT2D eigenvalue weighted by Crippen LogP contribution is -2.09. The number of phenols is 1. The Balaban J connectivity index is 1.60. The molecule has 0 saturated heterocycles. The lowest BCUT2D eigenvalue weighted by molar-refractivity contribution is 0.256. The summed E-state index contributed by atoms with van der Waals surface area (Å²) in [6, 6.07) is 26.3. The second kappa shape index (κ2) is 11.7. The van der Waals surface area contributed by atoms with E-state index in [9.17, 15) is 9.90 Å². The third kappa shape index (κ3) is 5.24. The summed E-state index contributed by atoms with van der Waals surface area (Å²) in [7, 11) is 4.16. The molecule has 1 aromatic heterocycles. The molecule has 0 fully saturated rings. The number of fused-ring (bicyclic) bond motifs is 1. The normalized spacial score (nSPS) is 10.8. The van der Waals surface area contributed by atoms with Gasteiger partial charge in [-0.1, -0.05) is 60.7 Å². The van der Waals surface area contributed by atoms with Crippen molar-refractivity contribution in [3.63, 3.8) is 0 Å². The molecule has 4 aromatic carbocycles. The van der Waals surface area contributed by atoms with Crippen LogP contribution in [0.4, 0.5) is 0 Å². The third-order valence-corrected chi connectivity index (χ3v) is 6.34. The number of ether oxygens (including phenoxy) is 5. The van der Waals surface area contributed by atoms with Crippen molar-refractivity contribution >= 4 is 11.0 Å². The quantitative estimate of drug-likeness (QED) is 0.219. The molecular formula is C32H28O8. The predicted molar refractivity (Wildman–Crippen MR) is 151 cm³/mol. The number of benzene rings is 4. The van der Waals surface area contributed by atoms with Crippen LogP contribution in [0.25, 0.3) is 22.3 Å². The van der Waals surface area contributed by atoms with E-state index in [0.29, 0.717) is 30.3 Å². The Morgan fingerprint density at radius 1 is 0.675 bits per heavy atom. The summed E-state index contributed by atoms with van der Waals surface area (Å²) in [6.45, 7) is 0.646. The standard InChI is InChI=1S/C32H28O8/c1-35-26-17-25-27(28(33)31(26)36-2)29(34)32(37-3)30(40-25)22-14-15-23(38-18-20-10-6-4-7-11-20)24(16-22)39-19-21-12-8-5-9-13-21/h4-17,33H,18-19H2,1-3H3. The second-order valence-corrected chi connectivity index (χ2v) is 8.84. The minimum Gasteiger partial charge on any atom is -0.504 e. The molecule has 0 atom stereocenters. The highest BCUT2D eigenvalue weighted by molar-refractivity contribution is 5.91. The van der Waals surface area contributed by atoms with Crippen molar-refractivity contribution in [2.45, 2.75) is 13.2 Å². The van der Waals surface area contributed by atoms with Crippen LogP contribution in [0, 0.1) is 0 Å². The Kier molecular flexibility index (Phi) is 7.77. The molecule has 40 heavy (non-hydrogen) atoms. The highest BCUT2D eigenvalue weighted by Crippen LogP contribution is 2.44. The summed E-state index contributed by atoms with van der Waals surface area (Å²) < 4.78 is 34.5. The van der Waals surface area contributed by atoms with E-state index in [1.807, 2.05) is 60.7 Å². The zero-order chi connectivity index (χ0) is 28.1. The van der Waals surface area contributed by atoms with Gasteiger partial charge in [-0.3, -0.25) is 4.79 Å². The van der Waals surface area contributed by atoms with Crippen LogP contribution < -0.4 is 29.1 Å². The van der Waals surface area contributed by atoms with Crippen LogP contribution in [0.2, 0.25) is 0 Å². The molecule has 8 nitrogen and oxygen atoms in total. The first-order chi connectivity index (χ1) is 19.5. The summed E-state index contributed by atoms with van der Waals surface area (Å²) in [5.74, 6) is 0.892. The highest BCUT2D eigenvalue weighted by Gasteiger charge is 2.25. The van der Waals surface area contributed by atoms with E-state index in [0.717, 1.165) is 11.1 Å². The zero-order valence-electron chi connectivity index (χ0n) is 22.3. The zero-order valence-corrected chi connectivity index (χ0v) is 22.3. The van der Waals surface area contributed by atoms with Gasteiger partial charge in [0.05, 0.1) is 21.3 Å². The van der Waals surface area contributed by atoms with E-state index in [1.54, 1.807) is 18.2 Å². The van der Waals surface area contributed by atoms with E-state index >= 15 is 0 Å². The topological polar surface area (TPSA) is 96.6 Å². The number of hydrogen-bond donors (Lipinski definition) is 1. The minimum atomic E-state index is -0.562. The Hall–Kier alpha value is -5.11. The summed E-state index contributed by atoms with van der Waals surface area (Å²) in [6.07, 6.45) is 0. The van der Waals surface area contributed by atoms with Crippen LogP contribution in [0.3, 0.4) is 0 Å². The fourth-order valence-corrected chi connectivity index (χ4v) is 4.35. The average Bonchev–Trinajstić information content (AvgIpc) is 2.99. The van der Waals surface area contributed by atoms with Crippen molar-refractivity contribution < 1.29 is 33.2 Å².